The predicted molar refractivity (Wildman–Crippen MR) is 124 cm³/mol. The van der Waals surface area contributed by atoms with E-state index in [2.05, 4.69) is 46.3 Å². The minimum atomic E-state index is -0.260. The summed E-state index contributed by atoms with van der Waals surface area (Å²) in [6, 6.07) is 29.4. The molecule has 0 aliphatic rings. The second-order valence-electron chi connectivity index (χ2n) is 7.08. The minimum Gasteiger partial charge on any atom is -0.497 e. The van der Waals surface area contributed by atoms with Gasteiger partial charge in [-0.2, -0.15) is 5.10 Å². The van der Waals surface area contributed by atoms with Crippen molar-refractivity contribution in [2.45, 2.75) is 6.92 Å². The Labute approximate surface area is 181 Å². The van der Waals surface area contributed by atoms with Crippen molar-refractivity contribution in [3.63, 3.8) is 0 Å². The minimum absolute atomic E-state index is 0.260. The first kappa shape index (κ1) is 20.2. The Kier molecular flexibility index (Phi) is 5.94. The van der Waals surface area contributed by atoms with E-state index in [9.17, 15) is 4.79 Å². The SMILES string of the molecule is COc1ccc(/C=N/NC(=O)c2ccc(-n3c(C)ccc3-c3ccccc3)cc2)cc1. The number of hydrazone groups is 1. The molecule has 1 heterocycles. The monoisotopic (exact) mass is 409 g/mol. The van der Waals surface area contributed by atoms with E-state index in [4.69, 9.17) is 4.74 Å². The topological polar surface area (TPSA) is 55.6 Å². The molecule has 154 valence electrons. The lowest BCUT2D eigenvalue weighted by atomic mass is 10.1. The fourth-order valence-electron chi connectivity index (χ4n) is 3.40. The fraction of sp³-hybridized carbons (Fsp3) is 0.0769. The molecule has 4 rings (SSSR count). The Balaban J connectivity index is 1.48. The molecule has 0 fully saturated rings. The van der Waals surface area contributed by atoms with Crippen molar-refractivity contribution in [3.05, 3.63) is 108 Å². The molecule has 0 unspecified atom stereocenters. The molecule has 0 bridgehead atoms. The Morgan fingerprint density at radius 1 is 0.903 bits per heavy atom. The summed E-state index contributed by atoms with van der Waals surface area (Å²) < 4.78 is 7.31. The smallest absolute Gasteiger partial charge is 0.271 e. The molecule has 0 aliphatic carbocycles. The second-order valence-corrected chi connectivity index (χ2v) is 7.08. The van der Waals surface area contributed by atoms with Crippen LogP contribution in [0.5, 0.6) is 5.75 Å². The van der Waals surface area contributed by atoms with E-state index < -0.39 is 0 Å². The number of aryl methyl sites for hydroxylation is 1. The normalized spacial score (nSPS) is 10.9. The Bertz CT molecular complexity index is 1190. The number of hydrogen-bond acceptors (Lipinski definition) is 3. The largest absolute Gasteiger partial charge is 0.497 e. The van der Waals surface area contributed by atoms with Crippen LogP contribution in [0.3, 0.4) is 0 Å². The molecule has 1 aromatic heterocycles. The lowest BCUT2D eigenvalue weighted by Crippen LogP contribution is -2.17. The quantitative estimate of drug-likeness (QED) is 0.350. The zero-order chi connectivity index (χ0) is 21.6. The number of rotatable bonds is 6. The number of carbonyl (C=O) groups is 1. The third-order valence-electron chi connectivity index (χ3n) is 5.03. The van der Waals surface area contributed by atoms with Gasteiger partial charge in [-0.15, -0.1) is 0 Å². The van der Waals surface area contributed by atoms with E-state index in [0.29, 0.717) is 5.56 Å². The zero-order valence-electron chi connectivity index (χ0n) is 17.4. The van der Waals surface area contributed by atoms with Crippen molar-refractivity contribution in [2.75, 3.05) is 7.11 Å². The molecule has 0 aliphatic heterocycles. The van der Waals surface area contributed by atoms with Gasteiger partial charge in [0.25, 0.3) is 5.91 Å². The summed E-state index contributed by atoms with van der Waals surface area (Å²) in [4.78, 5) is 12.4. The first-order valence-electron chi connectivity index (χ1n) is 9.97. The van der Waals surface area contributed by atoms with Crippen molar-refractivity contribution >= 4 is 12.1 Å². The van der Waals surface area contributed by atoms with E-state index in [0.717, 1.165) is 34.0 Å². The van der Waals surface area contributed by atoms with Crippen molar-refractivity contribution in [3.8, 4) is 22.7 Å². The molecule has 0 saturated heterocycles. The molecule has 1 amide bonds. The highest BCUT2D eigenvalue weighted by molar-refractivity contribution is 5.95. The highest BCUT2D eigenvalue weighted by Gasteiger charge is 2.10. The van der Waals surface area contributed by atoms with Gasteiger partial charge in [-0.1, -0.05) is 30.3 Å². The van der Waals surface area contributed by atoms with Gasteiger partial charge < -0.3 is 9.30 Å². The predicted octanol–water partition coefficient (Wildman–Crippen LogP) is 5.23. The average Bonchev–Trinajstić information content (AvgIpc) is 3.21. The molecule has 5 nitrogen and oxygen atoms in total. The first-order valence-corrected chi connectivity index (χ1v) is 9.97. The van der Waals surface area contributed by atoms with Crippen LogP contribution in [0.25, 0.3) is 16.9 Å². The van der Waals surface area contributed by atoms with Crippen LogP contribution in [0.2, 0.25) is 0 Å². The number of aromatic nitrogens is 1. The van der Waals surface area contributed by atoms with Crippen LogP contribution in [0, 0.1) is 6.92 Å². The zero-order valence-corrected chi connectivity index (χ0v) is 17.4. The van der Waals surface area contributed by atoms with Gasteiger partial charge in [-0.3, -0.25) is 4.79 Å². The summed E-state index contributed by atoms with van der Waals surface area (Å²) in [5.41, 5.74) is 8.36. The van der Waals surface area contributed by atoms with E-state index in [1.165, 1.54) is 0 Å². The maximum Gasteiger partial charge on any atom is 0.271 e. The Morgan fingerprint density at radius 3 is 2.29 bits per heavy atom. The van der Waals surface area contributed by atoms with Gasteiger partial charge in [0.15, 0.2) is 0 Å². The summed E-state index contributed by atoms with van der Waals surface area (Å²) >= 11 is 0. The van der Waals surface area contributed by atoms with Crippen LogP contribution in [0.1, 0.15) is 21.6 Å². The van der Waals surface area contributed by atoms with Gasteiger partial charge in [-0.05, 0) is 78.7 Å². The average molecular weight is 409 g/mol. The summed E-state index contributed by atoms with van der Waals surface area (Å²) in [7, 11) is 1.62. The number of nitrogens with zero attached hydrogens (tertiary/aromatic N) is 2. The summed E-state index contributed by atoms with van der Waals surface area (Å²) in [5.74, 6) is 0.512. The molecule has 1 N–H and O–H groups in total. The van der Waals surface area contributed by atoms with Gasteiger partial charge in [0.1, 0.15) is 5.75 Å². The molecular weight excluding hydrogens is 386 g/mol. The molecular formula is C26H23N3O2. The number of carbonyl (C=O) groups excluding carboxylic acids is 1. The highest BCUT2D eigenvalue weighted by atomic mass is 16.5. The second kappa shape index (κ2) is 9.13. The summed E-state index contributed by atoms with van der Waals surface area (Å²) in [6.07, 6.45) is 1.60. The van der Waals surface area contributed by atoms with Gasteiger partial charge in [0, 0.05) is 16.9 Å². The van der Waals surface area contributed by atoms with Crippen LogP contribution >= 0.6 is 0 Å². The van der Waals surface area contributed by atoms with Crippen LogP contribution in [0.4, 0.5) is 0 Å². The number of hydrogen-bond donors (Lipinski definition) is 1. The molecule has 31 heavy (non-hydrogen) atoms. The molecule has 3 aromatic carbocycles. The Hall–Kier alpha value is -4.12. The molecule has 0 radical (unpaired) electrons. The molecule has 0 spiro atoms. The van der Waals surface area contributed by atoms with Crippen LogP contribution in [0.15, 0.2) is 96.1 Å². The van der Waals surface area contributed by atoms with Gasteiger partial charge >= 0.3 is 0 Å². The maximum atomic E-state index is 12.4. The maximum absolute atomic E-state index is 12.4. The highest BCUT2D eigenvalue weighted by Crippen LogP contribution is 2.26. The molecule has 0 saturated carbocycles. The van der Waals surface area contributed by atoms with E-state index >= 15 is 0 Å². The first-order chi connectivity index (χ1) is 15.2. The van der Waals surface area contributed by atoms with E-state index in [1.807, 2.05) is 66.7 Å². The number of benzene rings is 3. The van der Waals surface area contributed by atoms with Crippen molar-refractivity contribution < 1.29 is 9.53 Å². The lowest BCUT2D eigenvalue weighted by Gasteiger charge is -2.12. The number of nitrogens with one attached hydrogen (secondary N) is 1. The third kappa shape index (κ3) is 4.56. The van der Waals surface area contributed by atoms with Crippen LogP contribution in [-0.4, -0.2) is 23.8 Å². The van der Waals surface area contributed by atoms with E-state index in [-0.39, 0.29) is 5.91 Å². The van der Waals surface area contributed by atoms with Gasteiger partial charge in [0.2, 0.25) is 0 Å². The third-order valence-corrected chi connectivity index (χ3v) is 5.03. The van der Waals surface area contributed by atoms with Crippen molar-refractivity contribution in [2.24, 2.45) is 5.10 Å². The number of methoxy groups -OCH3 is 1. The van der Waals surface area contributed by atoms with Crippen molar-refractivity contribution in [1.29, 1.82) is 0 Å². The van der Waals surface area contributed by atoms with Crippen LogP contribution in [-0.2, 0) is 0 Å². The molecule has 0 atom stereocenters. The molecule has 4 aromatic rings. The van der Waals surface area contributed by atoms with Gasteiger partial charge in [-0.25, -0.2) is 5.43 Å². The fourth-order valence-corrected chi connectivity index (χ4v) is 3.40. The number of ether oxygens (including phenoxy) is 1. The van der Waals surface area contributed by atoms with E-state index in [1.54, 1.807) is 13.3 Å². The van der Waals surface area contributed by atoms with Crippen LogP contribution < -0.4 is 10.2 Å². The number of amides is 1. The van der Waals surface area contributed by atoms with Crippen molar-refractivity contribution in [1.82, 2.24) is 9.99 Å². The summed E-state index contributed by atoms with van der Waals surface area (Å²) in [6.45, 7) is 2.07. The molecule has 5 heteroatoms. The summed E-state index contributed by atoms with van der Waals surface area (Å²) in [5, 5.41) is 4.04. The standard InChI is InChI=1S/C26H23N3O2/c1-19-8-17-25(21-6-4-3-5-7-21)29(19)23-13-11-22(12-14-23)26(30)28-27-18-20-9-15-24(31-2)16-10-20/h3-18H,1-2H3,(H,28,30)/b27-18+. The Morgan fingerprint density at radius 2 is 1.61 bits per heavy atom. The van der Waals surface area contributed by atoms with Gasteiger partial charge in [0.05, 0.1) is 19.0 Å². The lowest BCUT2D eigenvalue weighted by molar-refractivity contribution is 0.0955.